The number of benzene rings is 1. The summed E-state index contributed by atoms with van der Waals surface area (Å²) in [5, 5.41) is 0.241. The zero-order valence-electron chi connectivity index (χ0n) is 11.3. The van der Waals surface area contributed by atoms with E-state index in [1.807, 2.05) is 39.0 Å². The average Bonchev–Trinajstić information content (AvgIpc) is 2.37. The first kappa shape index (κ1) is 13.6. The van der Waals surface area contributed by atoms with Crippen molar-refractivity contribution in [3.8, 4) is 17.4 Å². The minimum absolute atomic E-state index is 0.241. The maximum Gasteiger partial charge on any atom is 0.258 e. The summed E-state index contributed by atoms with van der Waals surface area (Å²) < 4.78 is 11.0. The molecule has 0 bridgehead atoms. The van der Waals surface area contributed by atoms with Gasteiger partial charge in [-0.2, -0.15) is 0 Å². The molecule has 1 aromatic heterocycles. The number of halogens is 1. The van der Waals surface area contributed by atoms with Gasteiger partial charge in [0.25, 0.3) is 5.88 Å². The lowest BCUT2D eigenvalue weighted by Gasteiger charge is -2.11. The Balaban J connectivity index is 2.39. The lowest BCUT2D eigenvalue weighted by molar-refractivity contribution is 0.373. The van der Waals surface area contributed by atoms with E-state index in [0.717, 1.165) is 17.0 Å². The summed E-state index contributed by atoms with van der Waals surface area (Å²) in [7, 11) is 1.59. The molecule has 0 amide bonds. The normalized spacial score (nSPS) is 10.4. The second-order valence-electron chi connectivity index (χ2n) is 4.25. The van der Waals surface area contributed by atoms with Gasteiger partial charge < -0.3 is 9.47 Å². The summed E-state index contributed by atoms with van der Waals surface area (Å²) in [5.74, 6) is 1.48. The number of nitrogens with zero attached hydrogens (tertiary/aromatic N) is 2. The molecule has 2 aromatic rings. The van der Waals surface area contributed by atoms with Crippen LogP contribution in [0.4, 0.5) is 0 Å². The van der Waals surface area contributed by atoms with Gasteiger partial charge in [0.2, 0.25) is 0 Å². The highest BCUT2D eigenvalue weighted by Crippen LogP contribution is 2.33. The number of ether oxygens (including phenoxy) is 2. The van der Waals surface area contributed by atoms with E-state index in [0.29, 0.717) is 11.5 Å². The van der Waals surface area contributed by atoms with E-state index in [-0.39, 0.29) is 11.0 Å². The van der Waals surface area contributed by atoms with Crippen molar-refractivity contribution in [1.82, 2.24) is 9.97 Å². The fourth-order valence-electron chi connectivity index (χ4n) is 1.58. The van der Waals surface area contributed by atoms with Gasteiger partial charge in [0.1, 0.15) is 0 Å². The first-order valence-corrected chi connectivity index (χ1v) is 6.22. The summed E-state index contributed by atoms with van der Waals surface area (Å²) in [4.78, 5) is 8.47. The van der Waals surface area contributed by atoms with Gasteiger partial charge in [0, 0.05) is 0 Å². The van der Waals surface area contributed by atoms with Gasteiger partial charge in [-0.1, -0.05) is 17.7 Å². The van der Waals surface area contributed by atoms with Gasteiger partial charge in [-0.05, 0) is 38.5 Å². The van der Waals surface area contributed by atoms with Crippen molar-refractivity contribution in [3.63, 3.8) is 0 Å². The van der Waals surface area contributed by atoms with E-state index in [1.54, 1.807) is 7.11 Å². The standard InChI is InChI=1S/C14H15ClN2O2/c1-8-5-6-11(12(7-8)18-4)19-14-13(15)16-9(2)10(3)17-14/h5-7H,1-4H3. The number of hydrogen-bond donors (Lipinski definition) is 0. The Morgan fingerprint density at radius 3 is 2.37 bits per heavy atom. The molecule has 0 radical (unpaired) electrons. The maximum absolute atomic E-state index is 6.04. The average molecular weight is 279 g/mol. The van der Waals surface area contributed by atoms with Crippen molar-refractivity contribution in [1.29, 1.82) is 0 Å². The first-order valence-electron chi connectivity index (χ1n) is 5.84. The zero-order valence-corrected chi connectivity index (χ0v) is 12.1. The Morgan fingerprint density at radius 1 is 1.00 bits per heavy atom. The van der Waals surface area contributed by atoms with E-state index in [4.69, 9.17) is 21.1 Å². The molecular weight excluding hydrogens is 264 g/mol. The SMILES string of the molecule is COc1cc(C)ccc1Oc1nc(C)c(C)nc1Cl. The zero-order chi connectivity index (χ0) is 14.0. The smallest absolute Gasteiger partial charge is 0.258 e. The molecule has 0 saturated carbocycles. The van der Waals surface area contributed by atoms with Crippen molar-refractivity contribution in [3.05, 3.63) is 40.3 Å². The summed E-state index contributed by atoms with van der Waals surface area (Å²) in [5.41, 5.74) is 2.65. The summed E-state index contributed by atoms with van der Waals surface area (Å²) in [6, 6.07) is 5.64. The second-order valence-corrected chi connectivity index (χ2v) is 4.60. The van der Waals surface area contributed by atoms with Gasteiger partial charge in [0.05, 0.1) is 18.5 Å². The molecule has 2 rings (SSSR count). The highest BCUT2D eigenvalue weighted by molar-refractivity contribution is 6.30. The number of hydrogen-bond acceptors (Lipinski definition) is 4. The predicted molar refractivity (Wildman–Crippen MR) is 74.3 cm³/mol. The van der Waals surface area contributed by atoms with Gasteiger partial charge in [-0.3, -0.25) is 0 Å². The van der Waals surface area contributed by atoms with Crippen molar-refractivity contribution < 1.29 is 9.47 Å². The van der Waals surface area contributed by atoms with Crippen LogP contribution in [0.5, 0.6) is 17.4 Å². The van der Waals surface area contributed by atoms with Gasteiger partial charge in [-0.15, -0.1) is 0 Å². The van der Waals surface area contributed by atoms with Crippen LogP contribution in [0.25, 0.3) is 0 Å². The molecule has 0 atom stereocenters. The van der Waals surface area contributed by atoms with Gasteiger partial charge >= 0.3 is 0 Å². The van der Waals surface area contributed by atoms with Crippen LogP contribution in [0.3, 0.4) is 0 Å². The van der Waals surface area contributed by atoms with E-state index in [9.17, 15) is 0 Å². The lowest BCUT2D eigenvalue weighted by atomic mass is 10.2. The van der Waals surface area contributed by atoms with Crippen LogP contribution in [0.15, 0.2) is 18.2 Å². The molecule has 1 heterocycles. The lowest BCUT2D eigenvalue weighted by Crippen LogP contribution is -1.98. The number of methoxy groups -OCH3 is 1. The van der Waals surface area contributed by atoms with Gasteiger partial charge in [-0.25, -0.2) is 9.97 Å². The molecule has 0 aliphatic rings. The van der Waals surface area contributed by atoms with Crippen LogP contribution in [-0.4, -0.2) is 17.1 Å². The molecule has 5 heteroatoms. The highest BCUT2D eigenvalue weighted by atomic mass is 35.5. The van der Waals surface area contributed by atoms with E-state index < -0.39 is 0 Å². The minimum atomic E-state index is 0.241. The maximum atomic E-state index is 6.04. The van der Waals surface area contributed by atoms with Crippen LogP contribution in [0.1, 0.15) is 17.0 Å². The van der Waals surface area contributed by atoms with Crippen LogP contribution in [0, 0.1) is 20.8 Å². The fraction of sp³-hybridized carbons (Fsp3) is 0.286. The van der Waals surface area contributed by atoms with E-state index >= 15 is 0 Å². The molecule has 0 unspecified atom stereocenters. The van der Waals surface area contributed by atoms with Crippen molar-refractivity contribution in [2.75, 3.05) is 7.11 Å². The third-order valence-corrected chi connectivity index (χ3v) is 3.01. The molecule has 0 saturated heterocycles. The Hall–Kier alpha value is -1.81. The van der Waals surface area contributed by atoms with Crippen LogP contribution < -0.4 is 9.47 Å². The van der Waals surface area contributed by atoms with Gasteiger partial charge in [0.15, 0.2) is 16.7 Å². The highest BCUT2D eigenvalue weighted by Gasteiger charge is 2.12. The van der Waals surface area contributed by atoms with E-state index in [1.165, 1.54) is 0 Å². The fourth-order valence-corrected chi connectivity index (χ4v) is 1.79. The third-order valence-electron chi connectivity index (χ3n) is 2.76. The third kappa shape index (κ3) is 2.96. The predicted octanol–water partition coefficient (Wildman–Crippen LogP) is 3.86. The number of rotatable bonds is 3. The minimum Gasteiger partial charge on any atom is -0.493 e. The summed E-state index contributed by atoms with van der Waals surface area (Å²) in [6.45, 7) is 5.69. The molecule has 0 fully saturated rings. The Bertz CT molecular complexity index is 615. The van der Waals surface area contributed by atoms with Crippen LogP contribution >= 0.6 is 11.6 Å². The molecular formula is C14H15ClN2O2. The van der Waals surface area contributed by atoms with Crippen LogP contribution in [0.2, 0.25) is 5.15 Å². The molecule has 0 spiro atoms. The molecule has 0 N–H and O–H groups in total. The number of aromatic nitrogens is 2. The molecule has 0 aliphatic carbocycles. The van der Waals surface area contributed by atoms with Crippen molar-refractivity contribution in [2.45, 2.75) is 20.8 Å². The topological polar surface area (TPSA) is 44.2 Å². The Kier molecular flexibility index (Phi) is 3.90. The van der Waals surface area contributed by atoms with Crippen molar-refractivity contribution in [2.24, 2.45) is 0 Å². The molecule has 100 valence electrons. The first-order chi connectivity index (χ1) is 9.01. The Morgan fingerprint density at radius 2 is 1.68 bits per heavy atom. The van der Waals surface area contributed by atoms with E-state index in [2.05, 4.69) is 9.97 Å². The summed E-state index contributed by atoms with van der Waals surface area (Å²) in [6.07, 6.45) is 0. The van der Waals surface area contributed by atoms with Crippen molar-refractivity contribution >= 4 is 11.6 Å². The molecule has 1 aromatic carbocycles. The molecule has 0 aliphatic heterocycles. The second kappa shape index (κ2) is 5.45. The number of aryl methyl sites for hydroxylation is 3. The quantitative estimate of drug-likeness (QED) is 0.855. The largest absolute Gasteiger partial charge is 0.493 e. The summed E-state index contributed by atoms with van der Waals surface area (Å²) >= 11 is 6.04. The molecule has 4 nitrogen and oxygen atoms in total. The monoisotopic (exact) mass is 278 g/mol. The Labute approximate surface area is 117 Å². The van der Waals surface area contributed by atoms with Crippen LogP contribution in [-0.2, 0) is 0 Å². The molecule has 19 heavy (non-hydrogen) atoms.